The van der Waals surface area contributed by atoms with E-state index < -0.39 is 0 Å². The largest absolute Gasteiger partial charge is 0.497 e. The van der Waals surface area contributed by atoms with Gasteiger partial charge in [-0.05, 0) is 48.4 Å². The fourth-order valence-electron chi connectivity index (χ4n) is 3.46. The number of benzene rings is 2. The molecule has 0 aliphatic heterocycles. The van der Waals surface area contributed by atoms with Crippen molar-refractivity contribution in [1.82, 2.24) is 9.55 Å². The van der Waals surface area contributed by atoms with Crippen LogP contribution in [0, 0.1) is 6.92 Å². The number of carbonyl (C=O) groups excluding carboxylic acids is 1. The minimum Gasteiger partial charge on any atom is -0.497 e. The van der Waals surface area contributed by atoms with E-state index in [-0.39, 0.29) is 0 Å². The number of carbonyl (C=O) groups is 1. The van der Waals surface area contributed by atoms with Gasteiger partial charge in [0.2, 0.25) is 0 Å². The van der Waals surface area contributed by atoms with Gasteiger partial charge < -0.3 is 9.30 Å². The third-order valence-corrected chi connectivity index (χ3v) is 5.15. The number of pyridine rings is 1. The van der Waals surface area contributed by atoms with E-state index in [0.717, 1.165) is 39.8 Å². The zero-order chi connectivity index (χ0) is 19.7. The second-order valence-electron chi connectivity index (χ2n) is 6.64. The van der Waals surface area contributed by atoms with Gasteiger partial charge in [0.25, 0.3) is 0 Å². The van der Waals surface area contributed by atoms with Gasteiger partial charge in [-0.15, -0.1) is 0 Å². The van der Waals surface area contributed by atoms with Crippen molar-refractivity contribution in [1.29, 1.82) is 0 Å². The summed E-state index contributed by atoms with van der Waals surface area (Å²) < 4.78 is 7.32. The molecule has 140 valence electrons. The van der Waals surface area contributed by atoms with Gasteiger partial charge in [0, 0.05) is 34.3 Å². The summed E-state index contributed by atoms with van der Waals surface area (Å²) in [5, 5.41) is 1.61. The highest BCUT2D eigenvalue weighted by atomic mass is 35.5. The van der Waals surface area contributed by atoms with E-state index in [2.05, 4.69) is 4.57 Å². The predicted octanol–water partition coefficient (Wildman–Crippen LogP) is 5.53. The normalized spacial score (nSPS) is 11.0. The van der Waals surface area contributed by atoms with E-state index in [0.29, 0.717) is 22.8 Å². The first-order valence-corrected chi connectivity index (χ1v) is 9.32. The van der Waals surface area contributed by atoms with E-state index in [1.807, 2.05) is 67.7 Å². The molecule has 0 fully saturated rings. The Balaban J connectivity index is 1.85. The van der Waals surface area contributed by atoms with E-state index in [4.69, 9.17) is 21.3 Å². The van der Waals surface area contributed by atoms with Gasteiger partial charge in [0.15, 0.2) is 6.29 Å². The van der Waals surface area contributed by atoms with Crippen molar-refractivity contribution in [3.8, 4) is 16.9 Å². The third-order valence-electron chi connectivity index (χ3n) is 4.90. The van der Waals surface area contributed by atoms with Crippen LogP contribution in [0.1, 0.15) is 21.6 Å². The zero-order valence-corrected chi connectivity index (χ0v) is 16.4. The molecule has 5 heteroatoms. The van der Waals surface area contributed by atoms with Gasteiger partial charge in [-0.25, -0.2) is 4.98 Å². The molecule has 0 saturated heterocycles. The van der Waals surface area contributed by atoms with Crippen LogP contribution in [0.3, 0.4) is 0 Å². The second-order valence-corrected chi connectivity index (χ2v) is 7.08. The maximum atomic E-state index is 11.8. The summed E-state index contributed by atoms with van der Waals surface area (Å²) in [4.78, 5) is 16.5. The number of fused-ring (bicyclic) bond motifs is 1. The summed E-state index contributed by atoms with van der Waals surface area (Å²) in [6, 6.07) is 17.5. The average molecular weight is 391 g/mol. The lowest BCUT2D eigenvalue weighted by Gasteiger charge is -2.12. The van der Waals surface area contributed by atoms with Gasteiger partial charge in [-0.3, -0.25) is 4.79 Å². The number of aryl methyl sites for hydroxylation is 1. The number of aromatic nitrogens is 2. The van der Waals surface area contributed by atoms with Crippen molar-refractivity contribution >= 4 is 28.9 Å². The number of aldehydes is 1. The van der Waals surface area contributed by atoms with Gasteiger partial charge >= 0.3 is 0 Å². The fourth-order valence-corrected chi connectivity index (χ4v) is 3.58. The predicted molar refractivity (Wildman–Crippen MR) is 112 cm³/mol. The molecule has 4 rings (SSSR count). The Kier molecular flexibility index (Phi) is 4.88. The molecule has 28 heavy (non-hydrogen) atoms. The number of hydrogen-bond acceptors (Lipinski definition) is 3. The average Bonchev–Trinajstić information content (AvgIpc) is 3.10. The molecule has 0 atom stereocenters. The number of nitrogens with zero attached hydrogens (tertiary/aromatic N) is 2. The highest BCUT2D eigenvalue weighted by molar-refractivity contribution is 6.30. The highest BCUT2D eigenvalue weighted by Gasteiger charge is 2.17. The molecule has 0 N–H and O–H groups in total. The third kappa shape index (κ3) is 3.27. The molecule has 0 aliphatic rings. The number of hydrogen-bond donors (Lipinski definition) is 0. The van der Waals surface area contributed by atoms with Crippen LogP contribution in [-0.4, -0.2) is 22.9 Å². The lowest BCUT2D eigenvalue weighted by molar-refractivity contribution is 0.112. The SMILES string of the molecule is COc1ccc(Cn2ccc3c(-c4ccc(Cl)cc4)c(C=O)c(C)nc32)cc1. The number of methoxy groups -OCH3 is 1. The number of rotatable bonds is 5. The number of halogens is 1. The van der Waals surface area contributed by atoms with E-state index in [1.54, 1.807) is 7.11 Å². The lowest BCUT2D eigenvalue weighted by atomic mass is 9.97. The molecule has 4 nitrogen and oxygen atoms in total. The molecule has 2 aromatic carbocycles. The van der Waals surface area contributed by atoms with Crippen LogP contribution >= 0.6 is 11.6 Å². The van der Waals surface area contributed by atoms with Crippen LogP contribution in [0.15, 0.2) is 60.8 Å². The van der Waals surface area contributed by atoms with Crippen molar-refractivity contribution in [2.75, 3.05) is 7.11 Å². The Hall–Kier alpha value is -3.11. The zero-order valence-electron chi connectivity index (χ0n) is 15.6. The summed E-state index contributed by atoms with van der Waals surface area (Å²) in [5.74, 6) is 0.829. The monoisotopic (exact) mass is 390 g/mol. The minimum absolute atomic E-state index is 0.608. The molecule has 0 unspecified atom stereocenters. The van der Waals surface area contributed by atoms with Crippen molar-refractivity contribution in [3.05, 3.63) is 82.6 Å². The van der Waals surface area contributed by atoms with Crippen LogP contribution in [0.25, 0.3) is 22.2 Å². The molecule has 0 aliphatic carbocycles. The maximum Gasteiger partial charge on any atom is 0.152 e. The molecule has 4 aromatic rings. The summed E-state index contributed by atoms with van der Waals surface area (Å²) in [6.45, 7) is 2.55. The van der Waals surface area contributed by atoms with E-state index in [9.17, 15) is 4.79 Å². The van der Waals surface area contributed by atoms with Gasteiger partial charge in [0.05, 0.1) is 12.8 Å². The maximum absolute atomic E-state index is 11.8. The van der Waals surface area contributed by atoms with Crippen LogP contribution in [-0.2, 0) is 6.54 Å². The van der Waals surface area contributed by atoms with Crippen LogP contribution in [0.2, 0.25) is 5.02 Å². The van der Waals surface area contributed by atoms with Crippen LogP contribution in [0.5, 0.6) is 5.75 Å². The van der Waals surface area contributed by atoms with E-state index >= 15 is 0 Å². The molecule has 0 spiro atoms. The van der Waals surface area contributed by atoms with Gasteiger partial charge in [-0.1, -0.05) is 35.9 Å². The standard InChI is InChI=1S/C23H19ClN2O2/c1-15-21(14-27)22(17-5-7-18(24)8-6-17)20-11-12-26(23(20)25-15)13-16-3-9-19(28-2)10-4-16/h3-12,14H,13H2,1-2H3. The van der Waals surface area contributed by atoms with Gasteiger partial charge in [0.1, 0.15) is 11.4 Å². The first kappa shape index (κ1) is 18.3. The quantitative estimate of drug-likeness (QED) is 0.420. The molecular formula is C23H19ClN2O2. The Morgan fingerprint density at radius 3 is 2.43 bits per heavy atom. The van der Waals surface area contributed by atoms with Crippen molar-refractivity contribution in [3.63, 3.8) is 0 Å². The Morgan fingerprint density at radius 2 is 1.79 bits per heavy atom. The van der Waals surface area contributed by atoms with Crippen molar-refractivity contribution in [2.24, 2.45) is 0 Å². The van der Waals surface area contributed by atoms with Gasteiger partial charge in [-0.2, -0.15) is 0 Å². The molecule has 0 saturated carbocycles. The van der Waals surface area contributed by atoms with E-state index in [1.165, 1.54) is 0 Å². The summed E-state index contributed by atoms with van der Waals surface area (Å²) in [5.41, 5.74) is 5.15. The Bertz CT molecular complexity index is 1150. The van der Waals surface area contributed by atoms with Crippen LogP contribution in [0.4, 0.5) is 0 Å². The second kappa shape index (κ2) is 7.49. The molecular weight excluding hydrogens is 372 g/mol. The van der Waals surface area contributed by atoms with Crippen molar-refractivity contribution in [2.45, 2.75) is 13.5 Å². The molecule has 0 radical (unpaired) electrons. The Morgan fingerprint density at radius 1 is 1.07 bits per heavy atom. The van der Waals surface area contributed by atoms with Crippen molar-refractivity contribution < 1.29 is 9.53 Å². The summed E-state index contributed by atoms with van der Waals surface area (Å²) in [6.07, 6.45) is 2.89. The first-order chi connectivity index (χ1) is 13.6. The summed E-state index contributed by atoms with van der Waals surface area (Å²) >= 11 is 6.04. The molecule has 0 bridgehead atoms. The summed E-state index contributed by atoms with van der Waals surface area (Å²) in [7, 11) is 1.66. The molecule has 0 amide bonds. The van der Waals surface area contributed by atoms with Crippen LogP contribution < -0.4 is 4.74 Å². The smallest absolute Gasteiger partial charge is 0.152 e. The first-order valence-electron chi connectivity index (χ1n) is 8.94. The topological polar surface area (TPSA) is 44.1 Å². The highest BCUT2D eigenvalue weighted by Crippen LogP contribution is 2.33. The molecule has 2 aromatic heterocycles. The Labute approximate surface area is 168 Å². The minimum atomic E-state index is 0.608. The molecule has 2 heterocycles. The number of ether oxygens (including phenoxy) is 1. The fraction of sp³-hybridized carbons (Fsp3) is 0.130. The lowest BCUT2D eigenvalue weighted by Crippen LogP contribution is -2.03.